The third-order valence-corrected chi connectivity index (χ3v) is 3.16. The summed E-state index contributed by atoms with van der Waals surface area (Å²) in [5.41, 5.74) is 2.29. The fourth-order valence-corrected chi connectivity index (χ4v) is 1.84. The number of hydrogen-bond acceptors (Lipinski definition) is 3. The Morgan fingerprint density at radius 3 is 2.33 bits per heavy atom. The molecule has 18 heavy (non-hydrogen) atoms. The Morgan fingerprint density at radius 1 is 1.17 bits per heavy atom. The first-order valence-corrected chi connectivity index (χ1v) is 6.49. The predicted octanol–water partition coefficient (Wildman–Crippen LogP) is 3.95. The lowest BCUT2D eigenvalue weighted by molar-refractivity contribution is 0.147. The number of benzene rings is 1. The van der Waals surface area contributed by atoms with Crippen molar-refractivity contribution in [1.29, 1.82) is 0 Å². The molecule has 0 aromatic heterocycles. The summed E-state index contributed by atoms with van der Waals surface area (Å²) in [5.74, 6) is 1.42. The normalized spacial score (nSPS) is 10.1. The van der Waals surface area contributed by atoms with Crippen LogP contribution in [0.5, 0.6) is 11.5 Å². The van der Waals surface area contributed by atoms with Crippen molar-refractivity contribution in [3.05, 3.63) is 33.8 Å². The van der Waals surface area contributed by atoms with Crippen molar-refractivity contribution in [2.75, 3.05) is 20.8 Å². The molecule has 0 aliphatic carbocycles. The number of methoxy groups -OCH3 is 2. The monoisotopic (exact) mass is 314 g/mol. The van der Waals surface area contributed by atoms with Gasteiger partial charge >= 0.3 is 0 Å². The first-order chi connectivity index (χ1) is 8.58. The summed E-state index contributed by atoms with van der Waals surface area (Å²) in [7, 11) is 3.24. The largest absolute Gasteiger partial charge is 0.493 e. The van der Waals surface area contributed by atoms with Crippen LogP contribution < -0.4 is 9.47 Å². The average molecular weight is 315 g/mol. The van der Waals surface area contributed by atoms with Crippen LogP contribution in [0.3, 0.4) is 0 Å². The van der Waals surface area contributed by atoms with Crippen LogP contribution in [0.4, 0.5) is 0 Å². The zero-order valence-corrected chi connectivity index (χ0v) is 12.8. The molecule has 0 amide bonds. The molecule has 0 spiro atoms. The SMILES string of the molecule is COc1cc(Br)c(COCC=C(C)C)cc1OC. The molecule has 0 N–H and O–H groups in total. The Kier molecular flexibility index (Phi) is 6.22. The minimum atomic E-state index is 0.532. The summed E-state index contributed by atoms with van der Waals surface area (Å²) >= 11 is 3.50. The van der Waals surface area contributed by atoms with Crippen molar-refractivity contribution in [2.24, 2.45) is 0 Å². The number of ether oxygens (including phenoxy) is 3. The topological polar surface area (TPSA) is 27.7 Å². The van der Waals surface area contributed by atoms with Crippen molar-refractivity contribution in [1.82, 2.24) is 0 Å². The fraction of sp³-hybridized carbons (Fsp3) is 0.429. The lowest BCUT2D eigenvalue weighted by Crippen LogP contribution is -1.97. The molecule has 0 unspecified atom stereocenters. The highest BCUT2D eigenvalue weighted by molar-refractivity contribution is 9.10. The molecule has 0 heterocycles. The van der Waals surface area contributed by atoms with Crippen LogP contribution in [0.2, 0.25) is 0 Å². The van der Waals surface area contributed by atoms with E-state index in [1.165, 1.54) is 5.57 Å². The molecule has 0 aliphatic heterocycles. The minimum Gasteiger partial charge on any atom is -0.493 e. The van der Waals surface area contributed by atoms with Gasteiger partial charge in [-0.1, -0.05) is 27.6 Å². The number of allylic oxidation sites excluding steroid dienone is 1. The first-order valence-electron chi connectivity index (χ1n) is 5.70. The molecular formula is C14H19BrO3. The van der Waals surface area contributed by atoms with Gasteiger partial charge in [-0.2, -0.15) is 0 Å². The summed E-state index contributed by atoms with van der Waals surface area (Å²) in [5, 5.41) is 0. The van der Waals surface area contributed by atoms with E-state index in [1.54, 1.807) is 14.2 Å². The van der Waals surface area contributed by atoms with Crippen LogP contribution in [0.1, 0.15) is 19.4 Å². The molecule has 0 atom stereocenters. The molecule has 1 aromatic rings. The number of halogens is 1. The maximum absolute atomic E-state index is 5.58. The van der Waals surface area contributed by atoms with Gasteiger partial charge in [-0.3, -0.25) is 0 Å². The van der Waals surface area contributed by atoms with E-state index >= 15 is 0 Å². The fourth-order valence-electron chi connectivity index (χ4n) is 1.40. The standard InChI is InChI=1S/C14H19BrO3/c1-10(2)5-6-18-9-11-7-13(16-3)14(17-4)8-12(11)15/h5,7-8H,6,9H2,1-4H3. The summed E-state index contributed by atoms with van der Waals surface area (Å²) in [6.45, 7) is 5.25. The lowest BCUT2D eigenvalue weighted by atomic mass is 10.2. The summed E-state index contributed by atoms with van der Waals surface area (Å²) in [6.07, 6.45) is 2.05. The van der Waals surface area contributed by atoms with Crippen LogP contribution in [0.25, 0.3) is 0 Å². The average Bonchev–Trinajstić information content (AvgIpc) is 2.35. The van der Waals surface area contributed by atoms with Crippen LogP contribution in [0, 0.1) is 0 Å². The minimum absolute atomic E-state index is 0.532. The molecule has 1 rings (SSSR count). The molecule has 0 saturated heterocycles. The third-order valence-electron chi connectivity index (χ3n) is 2.42. The molecule has 4 heteroatoms. The first kappa shape index (κ1) is 15.1. The van der Waals surface area contributed by atoms with E-state index in [2.05, 4.69) is 35.9 Å². The molecule has 0 aliphatic rings. The Labute approximate surface area is 117 Å². The Bertz CT molecular complexity index is 423. The highest BCUT2D eigenvalue weighted by atomic mass is 79.9. The van der Waals surface area contributed by atoms with Gasteiger partial charge in [-0.15, -0.1) is 0 Å². The summed E-state index contributed by atoms with van der Waals surface area (Å²) in [4.78, 5) is 0. The summed E-state index contributed by atoms with van der Waals surface area (Å²) in [6, 6.07) is 3.81. The van der Waals surface area contributed by atoms with Gasteiger partial charge in [0.1, 0.15) is 0 Å². The van der Waals surface area contributed by atoms with Crippen LogP contribution >= 0.6 is 15.9 Å². The van der Waals surface area contributed by atoms with E-state index < -0.39 is 0 Å². The van der Waals surface area contributed by atoms with Crippen molar-refractivity contribution < 1.29 is 14.2 Å². The van der Waals surface area contributed by atoms with Gasteiger partial charge in [0.05, 0.1) is 27.4 Å². The number of hydrogen-bond donors (Lipinski definition) is 0. The van der Waals surface area contributed by atoms with Gasteiger partial charge in [0.2, 0.25) is 0 Å². The van der Waals surface area contributed by atoms with Gasteiger partial charge in [0, 0.05) is 4.47 Å². The molecule has 0 bridgehead atoms. The second-order valence-corrected chi connectivity index (χ2v) is 4.95. The molecule has 100 valence electrons. The molecule has 0 saturated carbocycles. The quantitative estimate of drug-likeness (QED) is 0.588. The van der Waals surface area contributed by atoms with Gasteiger partial charge in [-0.05, 0) is 31.5 Å². The Morgan fingerprint density at radius 2 is 1.78 bits per heavy atom. The molecule has 3 nitrogen and oxygen atoms in total. The van der Waals surface area contributed by atoms with Crippen LogP contribution in [-0.4, -0.2) is 20.8 Å². The smallest absolute Gasteiger partial charge is 0.161 e. The predicted molar refractivity (Wildman–Crippen MR) is 76.3 cm³/mol. The van der Waals surface area contributed by atoms with E-state index in [9.17, 15) is 0 Å². The van der Waals surface area contributed by atoms with Gasteiger partial charge < -0.3 is 14.2 Å². The second-order valence-electron chi connectivity index (χ2n) is 4.10. The molecule has 1 aromatic carbocycles. The van der Waals surface area contributed by atoms with E-state index in [-0.39, 0.29) is 0 Å². The lowest BCUT2D eigenvalue weighted by Gasteiger charge is -2.11. The zero-order valence-electron chi connectivity index (χ0n) is 11.2. The van der Waals surface area contributed by atoms with Crippen molar-refractivity contribution in [2.45, 2.75) is 20.5 Å². The van der Waals surface area contributed by atoms with Crippen LogP contribution in [-0.2, 0) is 11.3 Å². The van der Waals surface area contributed by atoms with Crippen molar-refractivity contribution in [3.8, 4) is 11.5 Å². The zero-order chi connectivity index (χ0) is 13.5. The van der Waals surface area contributed by atoms with Gasteiger partial charge in [0.15, 0.2) is 11.5 Å². The van der Waals surface area contributed by atoms with Gasteiger partial charge in [0.25, 0.3) is 0 Å². The van der Waals surface area contributed by atoms with E-state index in [4.69, 9.17) is 14.2 Å². The molecule has 0 radical (unpaired) electrons. The Balaban J connectivity index is 2.74. The maximum Gasteiger partial charge on any atom is 0.161 e. The second kappa shape index (κ2) is 7.44. The molecule has 0 fully saturated rings. The Hall–Kier alpha value is -1.00. The van der Waals surface area contributed by atoms with E-state index in [0.717, 1.165) is 10.0 Å². The van der Waals surface area contributed by atoms with Crippen molar-refractivity contribution in [3.63, 3.8) is 0 Å². The van der Waals surface area contributed by atoms with E-state index in [1.807, 2.05) is 12.1 Å². The van der Waals surface area contributed by atoms with Crippen molar-refractivity contribution >= 4 is 15.9 Å². The van der Waals surface area contributed by atoms with Crippen LogP contribution in [0.15, 0.2) is 28.3 Å². The molecular weight excluding hydrogens is 296 g/mol. The van der Waals surface area contributed by atoms with Gasteiger partial charge in [-0.25, -0.2) is 0 Å². The number of rotatable bonds is 6. The summed E-state index contributed by atoms with van der Waals surface area (Å²) < 4.78 is 17.0. The maximum atomic E-state index is 5.58. The highest BCUT2D eigenvalue weighted by Crippen LogP contribution is 2.33. The highest BCUT2D eigenvalue weighted by Gasteiger charge is 2.09. The van der Waals surface area contributed by atoms with E-state index in [0.29, 0.717) is 24.7 Å². The third kappa shape index (κ3) is 4.35.